The monoisotopic (exact) mass is 327 g/mol. The number of hydrogen-bond acceptors (Lipinski definition) is 2. The number of fused-ring (bicyclic) bond motifs is 1. The summed E-state index contributed by atoms with van der Waals surface area (Å²) in [6.07, 6.45) is 6.79. The van der Waals surface area contributed by atoms with E-state index in [0.717, 1.165) is 25.2 Å². The van der Waals surface area contributed by atoms with Gasteiger partial charge in [0.1, 0.15) is 0 Å². The molecule has 2 N–H and O–H groups in total. The highest BCUT2D eigenvalue weighted by molar-refractivity contribution is 7.80. The number of aryl methyl sites for hydroxylation is 3. The number of benzene rings is 1. The quantitative estimate of drug-likeness (QED) is 0.558. The predicted octanol–water partition coefficient (Wildman–Crippen LogP) is 3.06. The maximum atomic E-state index is 5.36. The molecule has 120 valence electrons. The molecule has 2 heterocycles. The zero-order chi connectivity index (χ0) is 16.2. The minimum atomic E-state index is 0.654. The van der Waals surface area contributed by atoms with Crippen LogP contribution in [0, 0.1) is 6.92 Å². The van der Waals surface area contributed by atoms with Gasteiger partial charge < -0.3 is 19.8 Å². The fraction of sp³-hybridized carbons (Fsp3) is 0.294. The third-order valence-corrected chi connectivity index (χ3v) is 4.17. The van der Waals surface area contributed by atoms with E-state index in [1.54, 1.807) is 0 Å². The lowest BCUT2D eigenvalue weighted by Gasteiger charge is -2.11. The molecule has 0 bridgehead atoms. The van der Waals surface area contributed by atoms with Crippen LogP contribution < -0.4 is 10.6 Å². The molecule has 0 aliphatic heterocycles. The van der Waals surface area contributed by atoms with Crippen LogP contribution >= 0.6 is 12.2 Å². The standard InChI is InChI=1S/C17H21N5S/c1-13-11-18-12-22(13)8-3-7-19-17(23)20-15-5-4-14-6-9-21(2)16(14)10-15/h4-6,9-12H,3,7-8H2,1-2H3,(H2,19,20,23). The van der Waals surface area contributed by atoms with E-state index < -0.39 is 0 Å². The molecule has 0 fully saturated rings. The lowest BCUT2D eigenvalue weighted by molar-refractivity contribution is 0.620. The highest BCUT2D eigenvalue weighted by Crippen LogP contribution is 2.19. The van der Waals surface area contributed by atoms with Gasteiger partial charge in [0.05, 0.1) is 6.33 Å². The first kappa shape index (κ1) is 15.6. The van der Waals surface area contributed by atoms with Gasteiger partial charge in [0, 0.05) is 49.4 Å². The van der Waals surface area contributed by atoms with E-state index in [1.165, 1.54) is 16.6 Å². The summed E-state index contributed by atoms with van der Waals surface area (Å²) in [7, 11) is 2.04. The molecule has 0 saturated heterocycles. The van der Waals surface area contributed by atoms with Crippen LogP contribution in [0.15, 0.2) is 43.0 Å². The van der Waals surface area contributed by atoms with Crippen LogP contribution in [0.3, 0.4) is 0 Å². The SMILES string of the molecule is Cc1cncn1CCCNC(=S)Nc1ccc2ccn(C)c2c1. The van der Waals surface area contributed by atoms with Crippen molar-refractivity contribution >= 4 is 33.9 Å². The molecular formula is C17H21N5S. The lowest BCUT2D eigenvalue weighted by Crippen LogP contribution is -2.29. The molecule has 23 heavy (non-hydrogen) atoms. The number of hydrogen-bond donors (Lipinski definition) is 2. The first-order valence-corrected chi connectivity index (χ1v) is 8.11. The number of imidazole rings is 1. The van der Waals surface area contributed by atoms with Gasteiger partial charge >= 0.3 is 0 Å². The van der Waals surface area contributed by atoms with E-state index in [0.29, 0.717) is 5.11 Å². The molecular weight excluding hydrogens is 306 g/mol. The van der Waals surface area contributed by atoms with Crippen molar-refractivity contribution in [3.63, 3.8) is 0 Å². The summed E-state index contributed by atoms with van der Waals surface area (Å²) in [5, 5.41) is 8.38. The van der Waals surface area contributed by atoms with Gasteiger partial charge in [-0.05, 0) is 49.1 Å². The van der Waals surface area contributed by atoms with Crippen LogP contribution in [-0.4, -0.2) is 25.8 Å². The Kier molecular flexibility index (Phi) is 4.62. The molecule has 2 aromatic heterocycles. The predicted molar refractivity (Wildman–Crippen MR) is 98.7 cm³/mol. The van der Waals surface area contributed by atoms with Gasteiger partial charge in [-0.2, -0.15) is 0 Å². The minimum Gasteiger partial charge on any atom is -0.362 e. The van der Waals surface area contributed by atoms with E-state index in [4.69, 9.17) is 12.2 Å². The van der Waals surface area contributed by atoms with Crippen LogP contribution in [0.5, 0.6) is 0 Å². The molecule has 0 aliphatic carbocycles. The Morgan fingerprint density at radius 1 is 1.30 bits per heavy atom. The van der Waals surface area contributed by atoms with Gasteiger partial charge in [-0.1, -0.05) is 6.07 Å². The van der Waals surface area contributed by atoms with Crippen molar-refractivity contribution < 1.29 is 0 Å². The van der Waals surface area contributed by atoms with Crippen molar-refractivity contribution in [2.24, 2.45) is 7.05 Å². The summed E-state index contributed by atoms with van der Waals surface area (Å²) in [4.78, 5) is 4.12. The summed E-state index contributed by atoms with van der Waals surface area (Å²) in [6, 6.07) is 8.36. The molecule has 0 radical (unpaired) electrons. The second kappa shape index (κ2) is 6.83. The highest BCUT2D eigenvalue weighted by atomic mass is 32.1. The number of aromatic nitrogens is 3. The van der Waals surface area contributed by atoms with Crippen molar-refractivity contribution in [1.82, 2.24) is 19.4 Å². The average Bonchev–Trinajstić information content (AvgIpc) is 3.10. The fourth-order valence-electron chi connectivity index (χ4n) is 2.59. The molecule has 3 rings (SSSR count). The topological polar surface area (TPSA) is 46.8 Å². The first-order valence-electron chi connectivity index (χ1n) is 7.70. The summed E-state index contributed by atoms with van der Waals surface area (Å²) < 4.78 is 4.24. The molecule has 0 unspecified atom stereocenters. The van der Waals surface area contributed by atoms with Gasteiger partial charge in [0.2, 0.25) is 0 Å². The van der Waals surface area contributed by atoms with Crippen LogP contribution in [0.1, 0.15) is 12.1 Å². The van der Waals surface area contributed by atoms with Crippen LogP contribution in [0.2, 0.25) is 0 Å². The molecule has 5 nitrogen and oxygen atoms in total. The van der Waals surface area contributed by atoms with E-state index in [1.807, 2.05) is 25.6 Å². The van der Waals surface area contributed by atoms with E-state index in [-0.39, 0.29) is 0 Å². The molecule has 1 aromatic carbocycles. The molecule has 3 aromatic rings. The Bertz CT molecular complexity index is 817. The number of nitrogens with zero attached hydrogens (tertiary/aromatic N) is 3. The van der Waals surface area contributed by atoms with Crippen molar-refractivity contribution in [1.29, 1.82) is 0 Å². The first-order chi connectivity index (χ1) is 11.1. The smallest absolute Gasteiger partial charge is 0.170 e. The summed E-state index contributed by atoms with van der Waals surface area (Å²) in [6.45, 7) is 3.83. The van der Waals surface area contributed by atoms with E-state index >= 15 is 0 Å². The molecule has 6 heteroatoms. The summed E-state index contributed by atoms with van der Waals surface area (Å²) in [5.41, 5.74) is 3.37. The molecule has 0 amide bonds. The number of thiocarbonyl (C=S) groups is 1. The van der Waals surface area contributed by atoms with Gasteiger partial charge in [-0.3, -0.25) is 0 Å². The van der Waals surface area contributed by atoms with Gasteiger partial charge in [0.25, 0.3) is 0 Å². The van der Waals surface area contributed by atoms with Gasteiger partial charge in [-0.25, -0.2) is 4.98 Å². The van der Waals surface area contributed by atoms with Crippen LogP contribution in [-0.2, 0) is 13.6 Å². The number of rotatable bonds is 5. The fourth-order valence-corrected chi connectivity index (χ4v) is 2.81. The van der Waals surface area contributed by atoms with Crippen molar-refractivity contribution in [2.75, 3.05) is 11.9 Å². The molecule has 0 saturated carbocycles. The van der Waals surface area contributed by atoms with E-state index in [9.17, 15) is 0 Å². The Balaban J connectivity index is 1.48. The molecule has 0 atom stereocenters. The summed E-state index contributed by atoms with van der Waals surface area (Å²) >= 11 is 5.36. The minimum absolute atomic E-state index is 0.654. The number of nitrogens with one attached hydrogen (secondary N) is 2. The highest BCUT2D eigenvalue weighted by Gasteiger charge is 2.02. The second-order valence-corrected chi connectivity index (χ2v) is 6.07. The van der Waals surface area contributed by atoms with Crippen molar-refractivity contribution in [3.05, 3.63) is 48.7 Å². The molecule has 0 spiro atoms. The second-order valence-electron chi connectivity index (χ2n) is 5.66. The average molecular weight is 327 g/mol. The third-order valence-electron chi connectivity index (χ3n) is 3.93. The van der Waals surface area contributed by atoms with Crippen LogP contribution in [0.4, 0.5) is 5.69 Å². The van der Waals surface area contributed by atoms with Crippen molar-refractivity contribution in [2.45, 2.75) is 19.9 Å². The summed E-state index contributed by atoms with van der Waals surface area (Å²) in [5.74, 6) is 0. The maximum absolute atomic E-state index is 5.36. The van der Waals surface area contributed by atoms with Gasteiger partial charge in [-0.15, -0.1) is 0 Å². The van der Waals surface area contributed by atoms with Gasteiger partial charge in [0.15, 0.2) is 5.11 Å². The zero-order valence-electron chi connectivity index (χ0n) is 13.4. The molecule has 0 aliphatic rings. The number of anilines is 1. The Labute approximate surface area is 141 Å². The van der Waals surface area contributed by atoms with E-state index in [2.05, 4.69) is 56.1 Å². The largest absolute Gasteiger partial charge is 0.362 e. The Hall–Kier alpha value is -2.34. The lowest BCUT2D eigenvalue weighted by atomic mass is 10.2. The van der Waals surface area contributed by atoms with Crippen molar-refractivity contribution in [3.8, 4) is 0 Å². The van der Waals surface area contributed by atoms with Crippen LogP contribution in [0.25, 0.3) is 10.9 Å². The zero-order valence-corrected chi connectivity index (χ0v) is 14.2. The maximum Gasteiger partial charge on any atom is 0.170 e. The Morgan fingerprint density at radius 3 is 2.96 bits per heavy atom. The normalized spacial score (nSPS) is 10.9. The third kappa shape index (κ3) is 3.71. The Morgan fingerprint density at radius 2 is 2.17 bits per heavy atom.